The first kappa shape index (κ1) is 13.9. The third-order valence-corrected chi connectivity index (χ3v) is 2.50. The van der Waals surface area contributed by atoms with Crippen molar-refractivity contribution in [2.24, 2.45) is 5.92 Å². The second kappa shape index (κ2) is 6.55. The van der Waals surface area contributed by atoms with Gasteiger partial charge in [0.25, 0.3) is 0 Å². The van der Waals surface area contributed by atoms with Crippen LogP contribution in [0.25, 0.3) is 0 Å². The van der Waals surface area contributed by atoms with Gasteiger partial charge in [0, 0.05) is 24.3 Å². The molecule has 0 radical (unpaired) electrons. The molecule has 0 bridgehead atoms. The van der Waals surface area contributed by atoms with Gasteiger partial charge in [0.2, 0.25) is 0 Å². The van der Waals surface area contributed by atoms with Crippen LogP contribution in [-0.2, 0) is 0 Å². The van der Waals surface area contributed by atoms with Gasteiger partial charge in [-0.3, -0.25) is 0 Å². The van der Waals surface area contributed by atoms with Gasteiger partial charge in [-0.2, -0.15) is 0 Å². The minimum atomic E-state index is 0.430. The van der Waals surface area contributed by atoms with Crippen LogP contribution in [0.15, 0.2) is 12.4 Å². The number of rotatable bonds is 6. The molecule has 17 heavy (non-hydrogen) atoms. The van der Waals surface area contributed by atoms with Crippen LogP contribution in [0.2, 0.25) is 0 Å². The molecule has 1 unspecified atom stereocenters. The van der Waals surface area contributed by atoms with Gasteiger partial charge in [-0.1, -0.05) is 13.8 Å². The minimum absolute atomic E-state index is 0.430. The molecule has 96 valence electrons. The summed E-state index contributed by atoms with van der Waals surface area (Å²) < 4.78 is 0. The molecule has 1 rings (SSSR count). The van der Waals surface area contributed by atoms with Gasteiger partial charge in [0.1, 0.15) is 12.1 Å². The van der Waals surface area contributed by atoms with Gasteiger partial charge in [-0.25, -0.2) is 9.97 Å². The summed E-state index contributed by atoms with van der Waals surface area (Å²) in [7, 11) is 4.19. The molecule has 0 saturated heterocycles. The van der Waals surface area contributed by atoms with Crippen LogP contribution in [0.4, 0.5) is 5.82 Å². The molecule has 1 heterocycles. The molecule has 4 nitrogen and oxygen atoms in total. The maximum absolute atomic E-state index is 4.25. The van der Waals surface area contributed by atoms with Crippen molar-refractivity contribution < 1.29 is 0 Å². The molecule has 0 spiro atoms. The third kappa shape index (κ3) is 5.63. The lowest BCUT2D eigenvalue weighted by molar-refractivity contribution is 0.356. The molecule has 0 amide bonds. The predicted molar refractivity (Wildman–Crippen MR) is 72.2 cm³/mol. The van der Waals surface area contributed by atoms with E-state index in [0.717, 1.165) is 24.5 Å². The summed E-state index contributed by atoms with van der Waals surface area (Å²) >= 11 is 0. The molecule has 0 aromatic carbocycles. The number of aryl methyl sites for hydroxylation is 1. The second-order valence-electron chi connectivity index (χ2n) is 5.28. The molecule has 0 saturated carbocycles. The Morgan fingerprint density at radius 2 is 2.00 bits per heavy atom. The molecule has 0 aliphatic carbocycles. The lowest BCUT2D eigenvalue weighted by Crippen LogP contribution is -2.33. The normalized spacial score (nSPS) is 13.1. The lowest BCUT2D eigenvalue weighted by Gasteiger charge is -2.24. The van der Waals surface area contributed by atoms with Gasteiger partial charge < -0.3 is 10.2 Å². The smallest absolute Gasteiger partial charge is 0.129 e. The quantitative estimate of drug-likeness (QED) is 0.822. The van der Waals surface area contributed by atoms with Crippen LogP contribution < -0.4 is 5.32 Å². The van der Waals surface area contributed by atoms with E-state index in [1.54, 1.807) is 6.33 Å². The summed E-state index contributed by atoms with van der Waals surface area (Å²) in [6, 6.07) is 2.42. The maximum atomic E-state index is 4.25. The van der Waals surface area contributed by atoms with E-state index in [1.807, 2.05) is 13.0 Å². The van der Waals surface area contributed by atoms with Crippen molar-refractivity contribution in [2.75, 3.05) is 26.0 Å². The van der Waals surface area contributed by atoms with Gasteiger partial charge in [-0.05, 0) is 33.4 Å². The van der Waals surface area contributed by atoms with Crippen molar-refractivity contribution in [3.8, 4) is 0 Å². The largest absolute Gasteiger partial charge is 0.366 e. The van der Waals surface area contributed by atoms with Crippen molar-refractivity contribution in [3.05, 3.63) is 18.1 Å². The Labute approximate surface area is 104 Å². The Kier molecular flexibility index (Phi) is 5.35. The highest BCUT2D eigenvalue weighted by Gasteiger charge is 2.12. The zero-order valence-corrected chi connectivity index (χ0v) is 11.6. The highest BCUT2D eigenvalue weighted by Crippen LogP contribution is 2.12. The molecule has 0 fully saturated rings. The van der Waals surface area contributed by atoms with Crippen molar-refractivity contribution in [2.45, 2.75) is 33.2 Å². The molecular formula is C13H24N4. The number of nitrogens with zero attached hydrogens (tertiary/aromatic N) is 3. The average Bonchev–Trinajstić information content (AvgIpc) is 2.14. The van der Waals surface area contributed by atoms with E-state index in [4.69, 9.17) is 0 Å². The van der Waals surface area contributed by atoms with Gasteiger partial charge in [-0.15, -0.1) is 0 Å². The molecule has 1 atom stereocenters. The Balaban J connectivity index is 2.64. The Morgan fingerprint density at radius 1 is 1.29 bits per heavy atom. The molecule has 0 aliphatic rings. The third-order valence-electron chi connectivity index (χ3n) is 2.50. The topological polar surface area (TPSA) is 41.0 Å². The van der Waals surface area contributed by atoms with Crippen LogP contribution in [0, 0.1) is 12.8 Å². The zero-order chi connectivity index (χ0) is 12.8. The van der Waals surface area contributed by atoms with E-state index in [0.29, 0.717) is 12.0 Å². The minimum Gasteiger partial charge on any atom is -0.366 e. The van der Waals surface area contributed by atoms with Gasteiger partial charge in [0.15, 0.2) is 0 Å². The van der Waals surface area contributed by atoms with Crippen molar-refractivity contribution in [1.29, 1.82) is 0 Å². The molecule has 1 aromatic rings. The Bertz CT molecular complexity index is 326. The van der Waals surface area contributed by atoms with E-state index in [9.17, 15) is 0 Å². The standard InChI is InChI=1S/C13H24N4/c1-10(2)6-12(8-17(4)5)16-13-7-11(3)14-9-15-13/h7,9-10,12H,6,8H2,1-5H3,(H,14,15,16). The number of likely N-dealkylation sites (N-methyl/N-ethyl adjacent to an activating group) is 1. The average molecular weight is 236 g/mol. The molecule has 1 N–H and O–H groups in total. The summed E-state index contributed by atoms with van der Waals surface area (Å²) in [6.45, 7) is 7.49. The fraction of sp³-hybridized carbons (Fsp3) is 0.692. The fourth-order valence-corrected chi connectivity index (χ4v) is 1.93. The van der Waals surface area contributed by atoms with Crippen molar-refractivity contribution in [3.63, 3.8) is 0 Å². The number of anilines is 1. The summed E-state index contributed by atoms with van der Waals surface area (Å²) in [5.74, 6) is 1.60. The maximum Gasteiger partial charge on any atom is 0.129 e. The van der Waals surface area contributed by atoms with E-state index >= 15 is 0 Å². The monoisotopic (exact) mass is 236 g/mol. The molecule has 1 aromatic heterocycles. The second-order valence-corrected chi connectivity index (χ2v) is 5.28. The van der Waals surface area contributed by atoms with Crippen LogP contribution in [0.5, 0.6) is 0 Å². The first-order valence-electron chi connectivity index (χ1n) is 6.17. The molecular weight excluding hydrogens is 212 g/mol. The Morgan fingerprint density at radius 3 is 2.53 bits per heavy atom. The van der Waals surface area contributed by atoms with E-state index < -0.39 is 0 Å². The van der Waals surface area contributed by atoms with Crippen LogP contribution in [0.3, 0.4) is 0 Å². The number of nitrogens with one attached hydrogen (secondary N) is 1. The highest BCUT2D eigenvalue weighted by molar-refractivity contribution is 5.35. The summed E-state index contributed by atoms with van der Waals surface area (Å²) in [4.78, 5) is 10.6. The molecule has 4 heteroatoms. The number of aromatic nitrogens is 2. The van der Waals surface area contributed by atoms with E-state index in [1.165, 1.54) is 0 Å². The molecule has 0 aliphatic heterocycles. The highest BCUT2D eigenvalue weighted by atomic mass is 15.1. The Hall–Kier alpha value is -1.16. The number of hydrogen-bond donors (Lipinski definition) is 1. The van der Waals surface area contributed by atoms with Crippen LogP contribution >= 0.6 is 0 Å². The summed E-state index contributed by atoms with van der Waals surface area (Å²) in [5.41, 5.74) is 0.996. The number of hydrogen-bond acceptors (Lipinski definition) is 4. The summed E-state index contributed by atoms with van der Waals surface area (Å²) in [5, 5.41) is 3.49. The summed E-state index contributed by atoms with van der Waals surface area (Å²) in [6.07, 6.45) is 2.75. The SMILES string of the molecule is Cc1cc(NC(CC(C)C)CN(C)C)ncn1. The first-order valence-corrected chi connectivity index (χ1v) is 6.17. The zero-order valence-electron chi connectivity index (χ0n) is 11.6. The lowest BCUT2D eigenvalue weighted by atomic mass is 10.0. The van der Waals surface area contributed by atoms with E-state index in [2.05, 4.69) is 48.1 Å². The van der Waals surface area contributed by atoms with Crippen LogP contribution in [0.1, 0.15) is 26.0 Å². The van der Waals surface area contributed by atoms with Gasteiger partial charge >= 0.3 is 0 Å². The first-order chi connectivity index (χ1) is 7.97. The fourth-order valence-electron chi connectivity index (χ4n) is 1.93. The van der Waals surface area contributed by atoms with Crippen LogP contribution in [-0.4, -0.2) is 41.5 Å². The van der Waals surface area contributed by atoms with Gasteiger partial charge in [0.05, 0.1) is 0 Å². The van der Waals surface area contributed by atoms with Crippen molar-refractivity contribution >= 4 is 5.82 Å². The predicted octanol–water partition coefficient (Wildman–Crippen LogP) is 2.17. The van der Waals surface area contributed by atoms with Crippen molar-refractivity contribution in [1.82, 2.24) is 14.9 Å². The van der Waals surface area contributed by atoms with E-state index in [-0.39, 0.29) is 0 Å².